The van der Waals surface area contributed by atoms with Crippen LogP contribution in [0.1, 0.15) is 65.7 Å². The molecule has 0 amide bonds. The lowest BCUT2D eigenvalue weighted by atomic mass is 9.81. The van der Waals surface area contributed by atoms with Crippen LogP contribution in [-0.2, 0) is 4.74 Å². The molecule has 0 aromatic carbocycles. The van der Waals surface area contributed by atoms with Gasteiger partial charge in [0.25, 0.3) is 0 Å². The topological polar surface area (TPSA) is 21.3 Å². The number of hydrogen-bond donors (Lipinski definition) is 1. The molecule has 1 rings (SSSR count). The Hall–Kier alpha value is -0.0800. The maximum atomic E-state index is 5.33. The molecule has 0 saturated heterocycles. The third-order valence-corrected chi connectivity index (χ3v) is 4.06. The van der Waals surface area contributed by atoms with Gasteiger partial charge in [-0.2, -0.15) is 0 Å². The van der Waals surface area contributed by atoms with E-state index in [-0.39, 0.29) is 0 Å². The second-order valence-electron chi connectivity index (χ2n) is 6.47. The lowest BCUT2D eigenvalue weighted by Gasteiger charge is -2.33. The van der Waals surface area contributed by atoms with Crippen molar-refractivity contribution in [1.82, 2.24) is 5.32 Å². The maximum absolute atomic E-state index is 5.33. The molecule has 0 radical (unpaired) electrons. The van der Waals surface area contributed by atoms with Crippen LogP contribution < -0.4 is 5.32 Å². The highest BCUT2D eigenvalue weighted by Crippen LogP contribution is 2.29. The summed E-state index contributed by atoms with van der Waals surface area (Å²) in [6, 6.07) is 1.29. The third kappa shape index (κ3) is 6.19. The van der Waals surface area contributed by atoms with Crippen LogP contribution in [0.25, 0.3) is 0 Å². The summed E-state index contributed by atoms with van der Waals surface area (Å²) in [5.41, 5.74) is 0. The molecule has 108 valence electrons. The third-order valence-electron chi connectivity index (χ3n) is 4.06. The van der Waals surface area contributed by atoms with E-state index in [4.69, 9.17) is 4.74 Å². The average molecular weight is 255 g/mol. The minimum Gasteiger partial charge on any atom is -0.383 e. The van der Waals surface area contributed by atoms with Gasteiger partial charge in [0.2, 0.25) is 0 Å². The van der Waals surface area contributed by atoms with Crippen molar-refractivity contribution in [3.8, 4) is 0 Å². The fraction of sp³-hybridized carbons (Fsp3) is 1.00. The van der Waals surface area contributed by atoms with Gasteiger partial charge < -0.3 is 10.1 Å². The molecular formula is C16H33NO. The highest BCUT2D eigenvalue weighted by Gasteiger charge is 2.24. The van der Waals surface area contributed by atoms with E-state index in [9.17, 15) is 0 Å². The average Bonchev–Trinajstić information content (AvgIpc) is 2.29. The molecule has 2 heteroatoms. The van der Waals surface area contributed by atoms with Crippen molar-refractivity contribution >= 4 is 0 Å². The number of ether oxygens (including phenoxy) is 1. The van der Waals surface area contributed by atoms with Crippen molar-refractivity contribution in [3.63, 3.8) is 0 Å². The van der Waals surface area contributed by atoms with Crippen molar-refractivity contribution in [2.24, 2.45) is 11.8 Å². The van der Waals surface area contributed by atoms with Crippen LogP contribution in [0.3, 0.4) is 0 Å². The first-order chi connectivity index (χ1) is 8.65. The second kappa shape index (κ2) is 8.92. The Balaban J connectivity index is 2.35. The van der Waals surface area contributed by atoms with E-state index in [1.165, 1.54) is 44.9 Å². The molecular weight excluding hydrogens is 222 g/mol. The molecule has 1 fully saturated rings. The largest absolute Gasteiger partial charge is 0.383 e. The summed E-state index contributed by atoms with van der Waals surface area (Å²) in [6.07, 6.45) is 9.46. The minimum absolute atomic E-state index is 0.558. The van der Waals surface area contributed by atoms with Crippen molar-refractivity contribution < 1.29 is 4.74 Å². The first-order valence-corrected chi connectivity index (χ1v) is 7.90. The van der Waals surface area contributed by atoms with Gasteiger partial charge in [0, 0.05) is 19.2 Å². The van der Waals surface area contributed by atoms with Crippen molar-refractivity contribution in [2.75, 3.05) is 13.7 Å². The lowest BCUT2D eigenvalue weighted by molar-refractivity contribution is 0.144. The van der Waals surface area contributed by atoms with Crippen LogP contribution in [0.15, 0.2) is 0 Å². The number of methoxy groups -OCH3 is 1. The summed E-state index contributed by atoms with van der Waals surface area (Å²) in [5, 5.41) is 3.84. The van der Waals surface area contributed by atoms with Crippen LogP contribution in [0.4, 0.5) is 0 Å². The molecule has 1 saturated carbocycles. The molecule has 0 aliphatic heterocycles. The lowest BCUT2D eigenvalue weighted by Crippen LogP contribution is -2.43. The van der Waals surface area contributed by atoms with Gasteiger partial charge in [0.15, 0.2) is 0 Å². The molecule has 0 aromatic rings. The Labute approximate surface area is 114 Å². The monoisotopic (exact) mass is 255 g/mol. The zero-order valence-corrected chi connectivity index (χ0v) is 12.9. The van der Waals surface area contributed by atoms with E-state index in [2.05, 4.69) is 26.1 Å². The van der Waals surface area contributed by atoms with Crippen molar-refractivity contribution in [3.05, 3.63) is 0 Å². The Bertz CT molecular complexity index is 199. The van der Waals surface area contributed by atoms with Crippen LogP contribution in [0, 0.1) is 11.8 Å². The Morgan fingerprint density at radius 3 is 2.67 bits per heavy atom. The predicted octanol–water partition coefficient (Wildman–Crippen LogP) is 4.00. The number of rotatable bonds is 8. The SMILES string of the molecule is CCCC(COC)NC1CCCC(CC(C)C)C1. The van der Waals surface area contributed by atoms with E-state index in [0.29, 0.717) is 6.04 Å². The summed E-state index contributed by atoms with van der Waals surface area (Å²) in [4.78, 5) is 0. The van der Waals surface area contributed by atoms with Gasteiger partial charge >= 0.3 is 0 Å². The highest BCUT2D eigenvalue weighted by atomic mass is 16.5. The van der Waals surface area contributed by atoms with Gasteiger partial charge in [-0.15, -0.1) is 0 Å². The highest BCUT2D eigenvalue weighted by molar-refractivity contribution is 4.81. The Morgan fingerprint density at radius 1 is 1.28 bits per heavy atom. The summed E-state index contributed by atoms with van der Waals surface area (Å²) in [5.74, 6) is 1.79. The normalized spacial score (nSPS) is 26.5. The first-order valence-electron chi connectivity index (χ1n) is 7.90. The van der Waals surface area contributed by atoms with Crippen molar-refractivity contribution in [2.45, 2.75) is 77.8 Å². The second-order valence-corrected chi connectivity index (χ2v) is 6.47. The molecule has 1 aliphatic carbocycles. The molecule has 0 heterocycles. The zero-order chi connectivity index (χ0) is 13.4. The zero-order valence-electron chi connectivity index (χ0n) is 12.9. The predicted molar refractivity (Wildman–Crippen MR) is 78.9 cm³/mol. The Kier molecular flexibility index (Phi) is 7.92. The van der Waals surface area contributed by atoms with E-state index in [1.807, 2.05) is 7.11 Å². The quantitative estimate of drug-likeness (QED) is 0.708. The maximum Gasteiger partial charge on any atom is 0.0615 e. The van der Waals surface area contributed by atoms with Crippen LogP contribution in [0.2, 0.25) is 0 Å². The van der Waals surface area contributed by atoms with Gasteiger partial charge in [-0.1, -0.05) is 40.0 Å². The van der Waals surface area contributed by atoms with Gasteiger partial charge in [-0.05, 0) is 37.5 Å². The first kappa shape index (κ1) is 16.0. The Morgan fingerprint density at radius 2 is 2.06 bits per heavy atom. The minimum atomic E-state index is 0.558. The van der Waals surface area contributed by atoms with Crippen molar-refractivity contribution in [1.29, 1.82) is 0 Å². The molecule has 1 N–H and O–H groups in total. The number of nitrogens with one attached hydrogen (secondary N) is 1. The fourth-order valence-electron chi connectivity index (χ4n) is 3.42. The smallest absolute Gasteiger partial charge is 0.0615 e. The van der Waals surface area contributed by atoms with Crippen LogP contribution in [0.5, 0.6) is 0 Å². The van der Waals surface area contributed by atoms with E-state index < -0.39 is 0 Å². The van der Waals surface area contributed by atoms with E-state index >= 15 is 0 Å². The van der Waals surface area contributed by atoms with Gasteiger partial charge in [0.1, 0.15) is 0 Å². The van der Waals surface area contributed by atoms with Gasteiger partial charge in [-0.25, -0.2) is 0 Å². The standard InChI is InChI=1S/C16H33NO/c1-5-7-16(12-18-4)17-15-9-6-8-14(11-15)10-13(2)3/h13-17H,5-12H2,1-4H3. The summed E-state index contributed by atoms with van der Waals surface area (Å²) < 4.78 is 5.33. The summed E-state index contributed by atoms with van der Waals surface area (Å²) in [6.45, 7) is 7.82. The molecule has 2 nitrogen and oxygen atoms in total. The van der Waals surface area contributed by atoms with Crippen LogP contribution in [-0.4, -0.2) is 25.8 Å². The molecule has 3 atom stereocenters. The molecule has 3 unspecified atom stereocenters. The van der Waals surface area contributed by atoms with Crippen LogP contribution >= 0.6 is 0 Å². The summed E-state index contributed by atoms with van der Waals surface area (Å²) in [7, 11) is 1.81. The van der Waals surface area contributed by atoms with E-state index in [0.717, 1.165) is 24.5 Å². The van der Waals surface area contributed by atoms with Gasteiger partial charge in [0.05, 0.1) is 6.61 Å². The summed E-state index contributed by atoms with van der Waals surface area (Å²) >= 11 is 0. The molecule has 0 bridgehead atoms. The van der Waals surface area contributed by atoms with E-state index in [1.54, 1.807) is 0 Å². The number of hydrogen-bond acceptors (Lipinski definition) is 2. The molecule has 0 aromatic heterocycles. The fourth-order valence-corrected chi connectivity index (χ4v) is 3.42. The molecule has 18 heavy (non-hydrogen) atoms. The molecule has 1 aliphatic rings. The molecule has 0 spiro atoms. The van der Waals surface area contributed by atoms with Gasteiger partial charge in [-0.3, -0.25) is 0 Å².